The van der Waals surface area contributed by atoms with E-state index in [9.17, 15) is 4.79 Å². The van der Waals surface area contributed by atoms with Crippen LogP contribution in [0.2, 0.25) is 0 Å². The highest BCUT2D eigenvalue weighted by Crippen LogP contribution is 1.99. The standard InChI is InChI=1S/C10H10.C3H6O2/c1-2-3-7-10-8-5-4-6-9-10;1-2-3(4)5/h2-9H,1H2;2H2,1H3,(H,4,5). The Morgan fingerprint density at radius 2 is 1.93 bits per heavy atom. The van der Waals surface area contributed by atoms with Crippen LogP contribution in [0.1, 0.15) is 18.9 Å². The second-order valence-corrected chi connectivity index (χ2v) is 2.75. The first-order chi connectivity index (χ1) is 7.20. The summed E-state index contributed by atoms with van der Waals surface area (Å²) in [4.78, 5) is 9.37. The third-order valence-corrected chi connectivity index (χ3v) is 1.53. The first kappa shape index (κ1) is 13.2. The monoisotopic (exact) mass is 204 g/mol. The summed E-state index contributed by atoms with van der Waals surface area (Å²) in [5.74, 6) is -0.745. The molecule has 0 aliphatic rings. The maximum Gasteiger partial charge on any atom is 0.303 e. The predicted octanol–water partition coefficient (Wildman–Crippen LogP) is 3.37. The van der Waals surface area contributed by atoms with Crippen molar-refractivity contribution in [2.24, 2.45) is 0 Å². The average molecular weight is 204 g/mol. The van der Waals surface area contributed by atoms with Crippen molar-refractivity contribution in [3.05, 3.63) is 54.6 Å². The molecule has 0 unspecified atom stereocenters. The number of carbonyl (C=O) groups is 1. The van der Waals surface area contributed by atoms with Crippen molar-refractivity contribution in [2.45, 2.75) is 13.3 Å². The fourth-order valence-electron chi connectivity index (χ4n) is 0.743. The highest BCUT2D eigenvalue weighted by Gasteiger charge is 1.81. The van der Waals surface area contributed by atoms with Crippen molar-refractivity contribution < 1.29 is 9.90 Å². The molecule has 0 aromatic heterocycles. The molecule has 0 saturated heterocycles. The molecule has 0 aliphatic carbocycles. The van der Waals surface area contributed by atoms with Crippen LogP contribution in [0.5, 0.6) is 0 Å². The van der Waals surface area contributed by atoms with Crippen LogP contribution in [0.3, 0.4) is 0 Å². The van der Waals surface area contributed by atoms with Gasteiger partial charge in [-0.15, -0.1) is 0 Å². The van der Waals surface area contributed by atoms with Crippen molar-refractivity contribution in [2.75, 3.05) is 0 Å². The van der Waals surface area contributed by atoms with Crippen molar-refractivity contribution in [1.29, 1.82) is 0 Å². The van der Waals surface area contributed by atoms with Crippen LogP contribution in [0.15, 0.2) is 49.1 Å². The Morgan fingerprint density at radius 3 is 2.33 bits per heavy atom. The molecule has 1 aromatic rings. The molecule has 2 heteroatoms. The molecule has 0 aliphatic heterocycles. The first-order valence-electron chi connectivity index (χ1n) is 4.76. The van der Waals surface area contributed by atoms with Crippen molar-refractivity contribution >= 4 is 12.0 Å². The summed E-state index contributed by atoms with van der Waals surface area (Å²) >= 11 is 0. The van der Waals surface area contributed by atoms with E-state index in [-0.39, 0.29) is 6.42 Å². The van der Waals surface area contributed by atoms with Crippen molar-refractivity contribution in [1.82, 2.24) is 0 Å². The second kappa shape index (κ2) is 8.75. The van der Waals surface area contributed by atoms with Gasteiger partial charge >= 0.3 is 5.97 Å². The molecule has 0 spiro atoms. The van der Waals surface area contributed by atoms with Crippen molar-refractivity contribution in [3.63, 3.8) is 0 Å². The largest absolute Gasteiger partial charge is 0.481 e. The van der Waals surface area contributed by atoms with Crippen molar-refractivity contribution in [3.8, 4) is 0 Å². The average Bonchev–Trinajstić information content (AvgIpc) is 2.28. The minimum absolute atomic E-state index is 0.222. The second-order valence-electron chi connectivity index (χ2n) is 2.75. The van der Waals surface area contributed by atoms with Crippen LogP contribution in [-0.4, -0.2) is 11.1 Å². The predicted molar refractivity (Wildman–Crippen MR) is 63.6 cm³/mol. The van der Waals surface area contributed by atoms with Gasteiger partial charge in [0.2, 0.25) is 0 Å². The zero-order valence-electron chi connectivity index (χ0n) is 8.89. The van der Waals surface area contributed by atoms with E-state index in [2.05, 4.69) is 18.7 Å². The van der Waals surface area contributed by atoms with Gasteiger partial charge in [-0.05, 0) is 5.56 Å². The number of rotatable bonds is 3. The van der Waals surface area contributed by atoms with Gasteiger partial charge in [0, 0.05) is 6.42 Å². The quantitative estimate of drug-likeness (QED) is 0.766. The third kappa shape index (κ3) is 8.50. The zero-order chi connectivity index (χ0) is 11.5. The topological polar surface area (TPSA) is 37.3 Å². The summed E-state index contributed by atoms with van der Waals surface area (Å²) in [7, 11) is 0. The van der Waals surface area contributed by atoms with E-state index in [0.29, 0.717) is 0 Å². The van der Waals surface area contributed by atoms with Gasteiger partial charge in [-0.25, -0.2) is 0 Å². The van der Waals surface area contributed by atoms with Crippen LogP contribution < -0.4 is 0 Å². The van der Waals surface area contributed by atoms with Gasteiger partial charge in [0.1, 0.15) is 0 Å². The van der Waals surface area contributed by atoms with E-state index in [1.54, 1.807) is 13.0 Å². The van der Waals surface area contributed by atoms with Crippen LogP contribution in [0, 0.1) is 0 Å². The summed E-state index contributed by atoms with van der Waals surface area (Å²) in [6.07, 6.45) is 5.94. The molecule has 2 nitrogen and oxygen atoms in total. The van der Waals surface area contributed by atoms with E-state index >= 15 is 0 Å². The molecule has 0 fully saturated rings. The maximum atomic E-state index is 9.37. The molecular formula is C13H16O2. The van der Waals surface area contributed by atoms with Gasteiger partial charge in [-0.1, -0.05) is 62.1 Å². The molecular weight excluding hydrogens is 188 g/mol. The molecule has 1 rings (SSSR count). The molecule has 1 N–H and O–H groups in total. The number of hydrogen-bond donors (Lipinski definition) is 1. The van der Waals surface area contributed by atoms with E-state index in [4.69, 9.17) is 5.11 Å². The molecule has 0 heterocycles. The van der Waals surface area contributed by atoms with Gasteiger partial charge in [-0.2, -0.15) is 0 Å². The lowest BCUT2D eigenvalue weighted by Gasteiger charge is -1.87. The van der Waals surface area contributed by atoms with E-state index < -0.39 is 5.97 Å². The van der Waals surface area contributed by atoms with E-state index in [0.717, 1.165) is 0 Å². The summed E-state index contributed by atoms with van der Waals surface area (Å²) in [5, 5.41) is 7.72. The third-order valence-electron chi connectivity index (χ3n) is 1.53. The minimum atomic E-state index is -0.745. The Kier molecular flexibility index (Phi) is 7.69. The number of aliphatic carboxylic acids is 1. The zero-order valence-corrected chi connectivity index (χ0v) is 8.89. The SMILES string of the molecule is C=CC=Cc1ccccc1.CCC(=O)O. The Hall–Kier alpha value is -1.83. The summed E-state index contributed by atoms with van der Waals surface area (Å²) in [5.41, 5.74) is 1.21. The van der Waals surface area contributed by atoms with Gasteiger partial charge in [0.15, 0.2) is 0 Å². The molecule has 1 aromatic carbocycles. The number of carboxylic acid groups (broad SMARTS) is 1. The van der Waals surface area contributed by atoms with E-state index in [1.165, 1.54) is 5.56 Å². The normalized spacial score (nSPS) is 9.13. The summed E-state index contributed by atoms with van der Waals surface area (Å²) in [6, 6.07) is 10.1. The fourth-order valence-corrected chi connectivity index (χ4v) is 0.743. The molecule has 0 radical (unpaired) electrons. The van der Waals surface area contributed by atoms with Gasteiger partial charge in [-0.3, -0.25) is 4.79 Å². The lowest BCUT2D eigenvalue weighted by atomic mass is 10.2. The Bertz CT molecular complexity index is 313. The highest BCUT2D eigenvalue weighted by molar-refractivity contribution is 5.66. The lowest BCUT2D eigenvalue weighted by molar-refractivity contribution is -0.136. The Morgan fingerprint density at radius 1 is 1.40 bits per heavy atom. The van der Waals surface area contributed by atoms with Crippen LogP contribution in [0.25, 0.3) is 6.08 Å². The Balaban J connectivity index is 0.000000336. The highest BCUT2D eigenvalue weighted by atomic mass is 16.4. The number of carboxylic acids is 1. The molecule has 80 valence electrons. The van der Waals surface area contributed by atoms with Gasteiger partial charge < -0.3 is 5.11 Å². The maximum absolute atomic E-state index is 9.37. The minimum Gasteiger partial charge on any atom is -0.481 e. The van der Waals surface area contributed by atoms with Crippen LogP contribution >= 0.6 is 0 Å². The number of hydrogen-bond acceptors (Lipinski definition) is 1. The molecule has 0 saturated carbocycles. The first-order valence-corrected chi connectivity index (χ1v) is 4.76. The van der Waals surface area contributed by atoms with Gasteiger partial charge in [0.05, 0.1) is 0 Å². The molecule has 15 heavy (non-hydrogen) atoms. The van der Waals surface area contributed by atoms with Crippen LogP contribution in [-0.2, 0) is 4.79 Å². The van der Waals surface area contributed by atoms with Gasteiger partial charge in [0.25, 0.3) is 0 Å². The molecule has 0 bridgehead atoms. The molecule has 0 amide bonds. The fraction of sp³-hybridized carbons (Fsp3) is 0.154. The smallest absolute Gasteiger partial charge is 0.303 e. The van der Waals surface area contributed by atoms with E-state index in [1.807, 2.05) is 30.4 Å². The summed E-state index contributed by atoms with van der Waals surface area (Å²) in [6.45, 7) is 5.19. The number of benzene rings is 1. The summed E-state index contributed by atoms with van der Waals surface area (Å²) < 4.78 is 0. The van der Waals surface area contributed by atoms with Crippen LogP contribution in [0.4, 0.5) is 0 Å². The number of allylic oxidation sites excluding steroid dienone is 2. The lowest BCUT2D eigenvalue weighted by Crippen LogP contribution is -1.86. The molecule has 0 atom stereocenters. The Labute approximate surface area is 90.6 Å².